The molecule has 0 atom stereocenters. The molecule has 0 spiro atoms. The number of nitrogens with one attached hydrogen (secondary N) is 2. The number of amides is 1. The van der Waals surface area contributed by atoms with Gasteiger partial charge in [0.25, 0.3) is 5.91 Å². The number of hydrogen-bond donors (Lipinski definition) is 4. The lowest BCUT2D eigenvalue weighted by molar-refractivity contribution is -0.137. The van der Waals surface area contributed by atoms with Crippen LogP contribution in [0, 0.1) is 0 Å². The summed E-state index contributed by atoms with van der Waals surface area (Å²) >= 11 is 5.82. The van der Waals surface area contributed by atoms with E-state index in [0.717, 1.165) is 18.7 Å². The number of rotatable bonds is 7. The van der Waals surface area contributed by atoms with Crippen LogP contribution in [-0.2, 0) is 11.0 Å². The molecular weight excluding hydrogens is 459 g/mol. The second-order valence-electron chi connectivity index (χ2n) is 6.42. The van der Waals surface area contributed by atoms with Crippen LogP contribution in [0.25, 0.3) is 0 Å². The standard InChI is InChI=1S/C19H18ClF3N4O2.C3H9N/c1-2-26-17(28)15(24)18(29-14-8-6-13(20)7-9-14)27-16(25)11-4-3-5-12(10-11)19(21,22)23;1-3-4-2/h3-10H,2,24H2,1H3,(H2,25,27)(H,26,28);4H,3H2,1-2H3/b18-15+;. The van der Waals surface area contributed by atoms with Gasteiger partial charge < -0.3 is 26.8 Å². The van der Waals surface area contributed by atoms with Crippen molar-refractivity contribution in [3.63, 3.8) is 0 Å². The van der Waals surface area contributed by atoms with Crippen LogP contribution < -0.4 is 26.8 Å². The molecule has 7 nitrogen and oxygen atoms in total. The number of ether oxygens (including phenoxy) is 1. The Morgan fingerprint density at radius 2 is 1.70 bits per heavy atom. The van der Waals surface area contributed by atoms with E-state index in [1.54, 1.807) is 6.92 Å². The largest absolute Gasteiger partial charge is 0.437 e. The number of nitrogens with two attached hydrogens (primary N) is 2. The van der Waals surface area contributed by atoms with Crippen molar-refractivity contribution < 1.29 is 22.7 Å². The average Bonchev–Trinajstić information content (AvgIpc) is 2.79. The van der Waals surface area contributed by atoms with Gasteiger partial charge in [0.2, 0.25) is 5.88 Å². The highest BCUT2D eigenvalue weighted by atomic mass is 35.5. The molecule has 0 unspecified atom stereocenters. The van der Waals surface area contributed by atoms with Crippen LogP contribution in [0.2, 0.25) is 5.02 Å². The predicted molar refractivity (Wildman–Crippen MR) is 124 cm³/mol. The van der Waals surface area contributed by atoms with Crippen LogP contribution in [0.15, 0.2) is 65.1 Å². The fourth-order valence-corrected chi connectivity index (χ4v) is 2.26. The Morgan fingerprint density at radius 3 is 2.21 bits per heavy atom. The second kappa shape index (κ2) is 13.3. The molecule has 0 bridgehead atoms. The molecule has 0 saturated carbocycles. The maximum Gasteiger partial charge on any atom is 0.416 e. The van der Waals surface area contributed by atoms with Crippen LogP contribution in [0.1, 0.15) is 25.0 Å². The van der Waals surface area contributed by atoms with E-state index in [4.69, 9.17) is 27.8 Å². The fourth-order valence-electron chi connectivity index (χ4n) is 2.13. The number of halogens is 4. The molecule has 0 aliphatic carbocycles. The minimum absolute atomic E-state index is 0.0132. The topological polar surface area (TPSA) is 115 Å². The summed E-state index contributed by atoms with van der Waals surface area (Å²) in [7, 11) is 1.93. The molecule has 33 heavy (non-hydrogen) atoms. The van der Waals surface area contributed by atoms with Crippen molar-refractivity contribution in [3.05, 3.63) is 76.3 Å². The van der Waals surface area contributed by atoms with E-state index in [1.165, 1.54) is 36.4 Å². The summed E-state index contributed by atoms with van der Waals surface area (Å²) in [6.07, 6.45) is -4.55. The first-order chi connectivity index (χ1) is 15.5. The van der Waals surface area contributed by atoms with E-state index in [9.17, 15) is 18.0 Å². The van der Waals surface area contributed by atoms with Gasteiger partial charge in [-0.1, -0.05) is 30.7 Å². The minimum atomic E-state index is -4.55. The molecule has 0 heterocycles. The van der Waals surface area contributed by atoms with Gasteiger partial charge in [-0.2, -0.15) is 18.2 Å². The summed E-state index contributed by atoms with van der Waals surface area (Å²) < 4.78 is 44.3. The van der Waals surface area contributed by atoms with Gasteiger partial charge in [0.05, 0.1) is 5.56 Å². The smallest absolute Gasteiger partial charge is 0.416 e. The van der Waals surface area contributed by atoms with Crippen LogP contribution in [0.3, 0.4) is 0 Å². The predicted octanol–water partition coefficient (Wildman–Crippen LogP) is 3.63. The Labute approximate surface area is 195 Å². The number of likely N-dealkylation sites (N-methyl/N-ethyl adjacent to an activating group) is 1. The first kappa shape index (κ1) is 27.8. The monoisotopic (exact) mass is 485 g/mol. The molecule has 0 aromatic heterocycles. The number of benzene rings is 2. The van der Waals surface area contributed by atoms with E-state index < -0.39 is 23.3 Å². The van der Waals surface area contributed by atoms with Gasteiger partial charge in [-0.05, 0) is 56.9 Å². The third kappa shape index (κ3) is 9.42. The van der Waals surface area contributed by atoms with E-state index in [-0.39, 0.29) is 23.0 Å². The summed E-state index contributed by atoms with van der Waals surface area (Å²) in [6, 6.07) is 10.4. The number of amidine groups is 1. The molecule has 0 aliphatic rings. The van der Waals surface area contributed by atoms with Crippen molar-refractivity contribution in [3.8, 4) is 5.75 Å². The molecule has 0 saturated heterocycles. The number of aliphatic imine (C=N–C) groups is 1. The molecule has 0 aliphatic heterocycles. The van der Waals surface area contributed by atoms with Crippen molar-refractivity contribution in [2.75, 3.05) is 20.1 Å². The van der Waals surface area contributed by atoms with E-state index in [0.29, 0.717) is 11.6 Å². The summed E-state index contributed by atoms with van der Waals surface area (Å²) in [5.74, 6) is -1.10. The fraction of sp³-hybridized carbons (Fsp3) is 0.273. The molecule has 1 amide bonds. The Balaban J connectivity index is 0.00000125. The van der Waals surface area contributed by atoms with Crippen LogP contribution in [0.4, 0.5) is 13.2 Å². The van der Waals surface area contributed by atoms with Crippen molar-refractivity contribution in [1.82, 2.24) is 10.6 Å². The molecule has 180 valence electrons. The summed E-state index contributed by atoms with van der Waals surface area (Å²) in [6.45, 7) is 5.12. The third-order valence-electron chi connectivity index (χ3n) is 3.90. The quantitative estimate of drug-likeness (QED) is 0.207. The van der Waals surface area contributed by atoms with Crippen LogP contribution >= 0.6 is 11.6 Å². The second-order valence-corrected chi connectivity index (χ2v) is 6.85. The number of carbonyl (C=O) groups excluding carboxylic acids is 1. The van der Waals surface area contributed by atoms with Crippen molar-refractivity contribution >= 4 is 23.3 Å². The zero-order chi connectivity index (χ0) is 25.0. The van der Waals surface area contributed by atoms with Crippen molar-refractivity contribution in [1.29, 1.82) is 0 Å². The first-order valence-electron chi connectivity index (χ1n) is 9.91. The zero-order valence-corrected chi connectivity index (χ0v) is 19.2. The maximum absolute atomic E-state index is 12.9. The average molecular weight is 486 g/mol. The molecule has 2 aromatic rings. The van der Waals surface area contributed by atoms with Gasteiger partial charge in [0.1, 0.15) is 11.6 Å². The maximum atomic E-state index is 12.9. The summed E-state index contributed by atoms with van der Waals surface area (Å²) in [5.41, 5.74) is 10.4. The molecule has 0 radical (unpaired) electrons. The Bertz CT molecular complexity index is 975. The molecule has 0 fully saturated rings. The number of carbonyl (C=O) groups is 1. The molecular formula is C22H27ClF3N5O2. The molecule has 11 heteroatoms. The lowest BCUT2D eigenvalue weighted by atomic mass is 10.1. The van der Waals surface area contributed by atoms with Crippen LogP contribution in [-0.4, -0.2) is 31.9 Å². The van der Waals surface area contributed by atoms with Gasteiger partial charge in [-0.3, -0.25) is 4.79 Å². The van der Waals surface area contributed by atoms with Gasteiger partial charge >= 0.3 is 6.18 Å². The summed E-state index contributed by atoms with van der Waals surface area (Å²) in [4.78, 5) is 16.0. The lowest BCUT2D eigenvalue weighted by Crippen LogP contribution is -2.30. The molecule has 2 aromatic carbocycles. The summed E-state index contributed by atoms with van der Waals surface area (Å²) in [5, 5.41) is 5.86. The van der Waals surface area contributed by atoms with Gasteiger partial charge in [0.15, 0.2) is 5.70 Å². The minimum Gasteiger partial charge on any atom is -0.437 e. The van der Waals surface area contributed by atoms with Gasteiger partial charge in [-0.25, -0.2) is 0 Å². The molecule has 2 rings (SSSR count). The van der Waals surface area contributed by atoms with Crippen molar-refractivity contribution in [2.45, 2.75) is 20.0 Å². The van der Waals surface area contributed by atoms with E-state index in [1.807, 2.05) is 7.05 Å². The Hall–Kier alpha value is -3.24. The Morgan fingerprint density at radius 1 is 1.09 bits per heavy atom. The normalized spacial score (nSPS) is 12.3. The van der Waals surface area contributed by atoms with Crippen molar-refractivity contribution in [2.24, 2.45) is 16.5 Å². The van der Waals surface area contributed by atoms with E-state index >= 15 is 0 Å². The highest BCUT2D eigenvalue weighted by Crippen LogP contribution is 2.29. The SMILES string of the molecule is CCNC.CCNC(=O)/C(N)=C(/N=C(\N)c1cccc(C(F)(F)F)c1)Oc1ccc(Cl)cc1. The van der Waals surface area contributed by atoms with E-state index in [2.05, 4.69) is 22.5 Å². The third-order valence-corrected chi connectivity index (χ3v) is 4.15. The van der Waals surface area contributed by atoms with Gasteiger partial charge in [-0.15, -0.1) is 0 Å². The van der Waals surface area contributed by atoms with Gasteiger partial charge in [0, 0.05) is 17.1 Å². The molecule has 6 N–H and O–H groups in total. The highest BCUT2D eigenvalue weighted by molar-refractivity contribution is 6.30. The number of nitrogens with zero attached hydrogens (tertiary/aromatic N) is 1. The highest BCUT2D eigenvalue weighted by Gasteiger charge is 2.30. The Kier molecular flexibility index (Phi) is 11.2. The number of alkyl halides is 3. The first-order valence-corrected chi connectivity index (χ1v) is 10.3. The number of hydrogen-bond acceptors (Lipinski definition) is 5. The lowest BCUT2D eigenvalue weighted by Gasteiger charge is -2.12. The zero-order valence-electron chi connectivity index (χ0n) is 18.5. The van der Waals surface area contributed by atoms with Crippen LogP contribution in [0.5, 0.6) is 5.75 Å².